The van der Waals surface area contributed by atoms with Gasteiger partial charge in [0.1, 0.15) is 0 Å². The normalized spacial score (nSPS) is 21.7. The fraction of sp³-hybridized carbons (Fsp3) is 0.250. The molecule has 2 aliphatic rings. The zero-order valence-corrected chi connectivity index (χ0v) is 19.9. The van der Waals surface area contributed by atoms with Crippen LogP contribution in [-0.4, -0.2) is 30.3 Å². The molecule has 1 fully saturated rings. The van der Waals surface area contributed by atoms with Crippen LogP contribution >= 0.6 is 27.5 Å². The summed E-state index contributed by atoms with van der Waals surface area (Å²) in [6.45, 7) is 1.45. The Morgan fingerprint density at radius 3 is 2.55 bits per heavy atom. The summed E-state index contributed by atoms with van der Waals surface area (Å²) in [6.07, 6.45) is 4.46. The number of imide groups is 1. The first-order chi connectivity index (χ1) is 15.8. The minimum Gasteiger partial charge on any atom is -0.452 e. The van der Waals surface area contributed by atoms with Crippen molar-refractivity contribution < 1.29 is 23.9 Å². The number of carbonyl (C=O) groups is 4. The lowest BCUT2D eigenvalue weighted by atomic mass is 9.78. The average molecular weight is 532 g/mol. The van der Waals surface area contributed by atoms with Gasteiger partial charge in [0.2, 0.25) is 11.8 Å². The first-order valence-corrected chi connectivity index (χ1v) is 11.5. The Hall–Kier alpha value is -2.97. The summed E-state index contributed by atoms with van der Waals surface area (Å²) in [5.41, 5.74) is 1.08. The molecule has 0 unspecified atom stereocenters. The Morgan fingerprint density at radius 1 is 1.15 bits per heavy atom. The lowest BCUT2D eigenvalue weighted by Gasteiger charge is -2.22. The fourth-order valence-electron chi connectivity index (χ4n) is 4.13. The van der Waals surface area contributed by atoms with Gasteiger partial charge in [-0.1, -0.05) is 30.7 Å². The lowest BCUT2D eigenvalue weighted by molar-refractivity contribution is -0.123. The molecule has 2 aromatic carbocycles. The van der Waals surface area contributed by atoms with Gasteiger partial charge in [0.05, 0.1) is 28.1 Å². The number of hydrogen-bond acceptors (Lipinski definition) is 5. The molecule has 3 amide bonds. The van der Waals surface area contributed by atoms with E-state index >= 15 is 0 Å². The smallest absolute Gasteiger partial charge is 0.338 e. The number of rotatable bonds is 5. The van der Waals surface area contributed by atoms with E-state index in [0.717, 1.165) is 0 Å². The summed E-state index contributed by atoms with van der Waals surface area (Å²) in [5.74, 6) is -2.36. The Kier molecular flexibility index (Phi) is 6.67. The maximum absolute atomic E-state index is 12.9. The number of nitrogens with zero attached hydrogens (tertiary/aromatic N) is 1. The van der Waals surface area contributed by atoms with Crippen molar-refractivity contribution in [2.24, 2.45) is 17.8 Å². The van der Waals surface area contributed by atoms with Gasteiger partial charge in [-0.05, 0) is 70.7 Å². The summed E-state index contributed by atoms with van der Waals surface area (Å²) >= 11 is 9.26. The quantitative estimate of drug-likeness (QED) is 0.346. The van der Waals surface area contributed by atoms with Gasteiger partial charge < -0.3 is 10.1 Å². The van der Waals surface area contributed by atoms with Crippen molar-refractivity contribution in [2.75, 3.05) is 16.8 Å². The zero-order valence-electron chi connectivity index (χ0n) is 17.6. The minimum atomic E-state index is -0.698. The summed E-state index contributed by atoms with van der Waals surface area (Å²) in [4.78, 5) is 51.3. The van der Waals surface area contributed by atoms with Gasteiger partial charge >= 0.3 is 5.97 Å². The van der Waals surface area contributed by atoms with E-state index < -0.39 is 18.5 Å². The van der Waals surface area contributed by atoms with E-state index in [-0.39, 0.29) is 35.1 Å². The Labute approximate surface area is 203 Å². The van der Waals surface area contributed by atoms with E-state index in [1.54, 1.807) is 18.2 Å². The fourth-order valence-corrected chi connectivity index (χ4v) is 4.56. The molecule has 1 heterocycles. The van der Waals surface area contributed by atoms with Crippen LogP contribution in [0.25, 0.3) is 0 Å². The zero-order chi connectivity index (χ0) is 23.7. The molecule has 1 aliphatic heterocycles. The maximum Gasteiger partial charge on any atom is 0.338 e. The standard InChI is InChI=1S/C24H20BrClN2O5/c1-13-3-2-4-17-21(13)23(31)28(22(17)30)16-8-5-14(6-9-16)24(32)33-12-20(29)27-15-7-10-18(25)19(26)11-15/h2-3,5-11,13,17,21H,4,12H2,1H3,(H,27,29)/t13-,17-,21+/m1/s1. The molecule has 1 N–H and O–H groups in total. The van der Waals surface area contributed by atoms with Crippen LogP contribution in [0.3, 0.4) is 0 Å². The van der Waals surface area contributed by atoms with Gasteiger partial charge in [-0.15, -0.1) is 0 Å². The molecule has 3 atom stereocenters. The highest BCUT2D eigenvalue weighted by molar-refractivity contribution is 9.10. The average Bonchev–Trinajstić information content (AvgIpc) is 3.06. The minimum absolute atomic E-state index is 0.000896. The van der Waals surface area contributed by atoms with Crippen LogP contribution < -0.4 is 10.2 Å². The number of carbonyl (C=O) groups excluding carboxylic acids is 4. The predicted molar refractivity (Wildman–Crippen MR) is 127 cm³/mol. The first-order valence-electron chi connectivity index (χ1n) is 10.3. The third kappa shape index (κ3) is 4.72. The number of esters is 1. The third-order valence-corrected chi connectivity index (χ3v) is 7.00. The molecule has 9 heteroatoms. The largest absolute Gasteiger partial charge is 0.452 e. The number of allylic oxidation sites excluding steroid dienone is 2. The van der Waals surface area contributed by atoms with Crippen molar-refractivity contribution >= 4 is 62.6 Å². The summed E-state index contributed by atoms with van der Waals surface area (Å²) < 4.78 is 5.76. The second-order valence-electron chi connectivity index (χ2n) is 7.97. The van der Waals surface area contributed by atoms with E-state index in [0.29, 0.717) is 27.3 Å². The molecular formula is C24H20BrClN2O5. The van der Waals surface area contributed by atoms with Crippen molar-refractivity contribution in [1.82, 2.24) is 0 Å². The van der Waals surface area contributed by atoms with Crippen LogP contribution in [0, 0.1) is 17.8 Å². The van der Waals surface area contributed by atoms with Crippen molar-refractivity contribution in [3.05, 3.63) is 69.7 Å². The molecule has 33 heavy (non-hydrogen) atoms. The van der Waals surface area contributed by atoms with E-state index in [9.17, 15) is 19.2 Å². The molecule has 0 saturated carbocycles. The second kappa shape index (κ2) is 9.49. The highest BCUT2D eigenvalue weighted by Crippen LogP contribution is 2.40. The molecule has 0 radical (unpaired) electrons. The van der Waals surface area contributed by atoms with E-state index in [2.05, 4.69) is 21.2 Å². The van der Waals surface area contributed by atoms with Crippen LogP contribution in [0.15, 0.2) is 59.1 Å². The van der Waals surface area contributed by atoms with Crippen molar-refractivity contribution in [2.45, 2.75) is 13.3 Å². The summed E-state index contributed by atoms with van der Waals surface area (Å²) in [7, 11) is 0. The predicted octanol–water partition coefficient (Wildman–Crippen LogP) is 4.60. The first kappa shape index (κ1) is 23.2. The molecule has 7 nitrogen and oxygen atoms in total. The van der Waals surface area contributed by atoms with Crippen LogP contribution in [-0.2, 0) is 19.1 Å². The van der Waals surface area contributed by atoms with Gasteiger partial charge in [-0.2, -0.15) is 0 Å². The Bertz CT molecular complexity index is 1160. The van der Waals surface area contributed by atoms with Crippen molar-refractivity contribution in [3.63, 3.8) is 0 Å². The summed E-state index contributed by atoms with van der Waals surface area (Å²) in [6, 6.07) is 10.9. The number of hydrogen-bond donors (Lipinski definition) is 1. The molecule has 0 bridgehead atoms. The van der Waals surface area contributed by atoms with E-state index in [1.807, 2.05) is 19.1 Å². The van der Waals surface area contributed by atoms with Gasteiger partial charge in [0, 0.05) is 10.2 Å². The second-order valence-corrected chi connectivity index (χ2v) is 9.23. The molecule has 0 spiro atoms. The summed E-state index contributed by atoms with van der Waals surface area (Å²) in [5, 5.41) is 3.03. The van der Waals surface area contributed by atoms with Gasteiger partial charge in [0.25, 0.3) is 5.91 Å². The number of ether oxygens (including phenoxy) is 1. The molecular weight excluding hydrogens is 512 g/mol. The monoisotopic (exact) mass is 530 g/mol. The van der Waals surface area contributed by atoms with E-state index in [1.165, 1.54) is 29.2 Å². The number of anilines is 2. The van der Waals surface area contributed by atoms with E-state index in [4.69, 9.17) is 16.3 Å². The van der Waals surface area contributed by atoms with Crippen LogP contribution in [0.4, 0.5) is 11.4 Å². The molecule has 1 aliphatic carbocycles. The van der Waals surface area contributed by atoms with Crippen molar-refractivity contribution in [1.29, 1.82) is 0 Å². The maximum atomic E-state index is 12.9. The lowest BCUT2D eigenvalue weighted by Crippen LogP contribution is -2.31. The third-order valence-electron chi connectivity index (χ3n) is 5.77. The van der Waals surface area contributed by atoms with Gasteiger partial charge in [-0.3, -0.25) is 19.3 Å². The molecule has 4 rings (SSSR count). The number of nitrogens with one attached hydrogen (secondary N) is 1. The highest BCUT2D eigenvalue weighted by atomic mass is 79.9. The number of benzene rings is 2. The number of fused-ring (bicyclic) bond motifs is 1. The van der Waals surface area contributed by atoms with Crippen LogP contribution in [0.2, 0.25) is 5.02 Å². The molecule has 0 aromatic heterocycles. The SMILES string of the molecule is C[C@@H]1C=CC[C@H]2C(=O)N(c3ccc(C(=O)OCC(=O)Nc4ccc(Br)c(Cl)c4)cc3)C(=O)[C@@H]12. The topological polar surface area (TPSA) is 92.8 Å². The van der Waals surface area contributed by atoms with Crippen LogP contribution in [0.5, 0.6) is 0 Å². The van der Waals surface area contributed by atoms with Gasteiger partial charge in [0.15, 0.2) is 6.61 Å². The Balaban J connectivity index is 1.36. The number of halogens is 2. The van der Waals surface area contributed by atoms with Crippen molar-refractivity contribution in [3.8, 4) is 0 Å². The van der Waals surface area contributed by atoms with Gasteiger partial charge in [-0.25, -0.2) is 4.79 Å². The molecule has 170 valence electrons. The number of amides is 3. The Morgan fingerprint density at radius 2 is 1.88 bits per heavy atom. The molecule has 2 aromatic rings. The van der Waals surface area contributed by atoms with Crippen LogP contribution in [0.1, 0.15) is 23.7 Å². The molecule has 1 saturated heterocycles. The highest BCUT2D eigenvalue weighted by Gasteiger charge is 2.50.